The number of halogens is 4. The summed E-state index contributed by atoms with van der Waals surface area (Å²) >= 11 is 1.32. The second-order valence-corrected chi connectivity index (χ2v) is 4.24. The fourth-order valence-electron chi connectivity index (χ4n) is 1.15. The lowest BCUT2D eigenvalue weighted by Crippen LogP contribution is -2.20. The molecule has 0 saturated heterocycles. The number of nitrogens with zero attached hydrogens (tertiary/aromatic N) is 2. The van der Waals surface area contributed by atoms with Crippen molar-refractivity contribution in [3.8, 4) is 5.75 Å². The first-order valence-corrected chi connectivity index (χ1v) is 6.01. The molecule has 0 unspecified atom stereocenters. The minimum atomic E-state index is -5.15. The van der Waals surface area contributed by atoms with E-state index >= 15 is 0 Å². The molecule has 0 spiro atoms. The molecule has 1 rings (SSSR count). The van der Waals surface area contributed by atoms with Crippen LogP contribution in [0.3, 0.4) is 0 Å². The van der Waals surface area contributed by atoms with E-state index in [0.717, 1.165) is 6.20 Å². The highest BCUT2D eigenvalue weighted by atomic mass is 127. The highest BCUT2D eigenvalue weighted by Crippen LogP contribution is 2.36. The quantitative estimate of drug-likeness (QED) is 0.331. The zero-order valence-corrected chi connectivity index (χ0v) is 11.9. The van der Waals surface area contributed by atoms with Gasteiger partial charge in [-0.3, -0.25) is 0 Å². The Balaban J connectivity index is 3.38. The number of nitro groups is 1. The van der Waals surface area contributed by atoms with Gasteiger partial charge in [0.1, 0.15) is 5.56 Å². The first-order valence-electron chi connectivity index (χ1n) is 4.93. The molecule has 0 atom stereocenters. The molecule has 0 aliphatic carbocycles. The van der Waals surface area contributed by atoms with Gasteiger partial charge in [0.15, 0.2) is 6.20 Å². The first kappa shape index (κ1) is 16.4. The number of hydrogen-bond donors (Lipinski definition) is 0. The van der Waals surface area contributed by atoms with Crippen LogP contribution in [0.1, 0.15) is 17.3 Å². The van der Waals surface area contributed by atoms with E-state index < -0.39 is 32.4 Å². The van der Waals surface area contributed by atoms with E-state index in [1.54, 1.807) is 0 Å². The SMILES string of the molecule is CCOC(=O)c1cnc([N+](=O)[O-])c(OC(F)(F)F)c1I. The molecule has 1 aromatic heterocycles. The van der Waals surface area contributed by atoms with Gasteiger partial charge in [-0.2, -0.15) is 0 Å². The van der Waals surface area contributed by atoms with Crippen LogP contribution in [-0.4, -0.2) is 28.8 Å². The Hall–Kier alpha value is -1.66. The number of esters is 1. The van der Waals surface area contributed by atoms with Gasteiger partial charge in [0.05, 0.1) is 10.2 Å². The van der Waals surface area contributed by atoms with E-state index in [1.807, 2.05) is 0 Å². The van der Waals surface area contributed by atoms with Crippen LogP contribution in [0.2, 0.25) is 0 Å². The summed E-state index contributed by atoms with van der Waals surface area (Å²) in [5.41, 5.74) is -0.350. The minimum absolute atomic E-state index is 0.0125. The molecular formula is C9H6F3IN2O5. The molecule has 0 saturated carbocycles. The van der Waals surface area contributed by atoms with E-state index in [-0.39, 0.29) is 12.2 Å². The molecule has 0 radical (unpaired) electrons. The Morgan fingerprint density at radius 2 is 2.15 bits per heavy atom. The van der Waals surface area contributed by atoms with Gasteiger partial charge in [0.2, 0.25) is 5.75 Å². The average molecular weight is 406 g/mol. The molecule has 1 heterocycles. The van der Waals surface area contributed by atoms with Crippen LogP contribution >= 0.6 is 22.6 Å². The van der Waals surface area contributed by atoms with Crippen LogP contribution in [0, 0.1) is 13.7 Å². The van der Waals surface area contributed by atoms with Crippen molar-refractivity contribution in [2.24, 2.45) is 0 Å². The maximum absolute atomic E-state index is 12.3. The molecule has 20 heavy (non-hydrogen) atoms. The van der Waals surface area contributed by atoms with E-state index in [4.69, 9.17) is 0 Å². The van der Waals surface area contributed by atoms with Crippen LogP contribution in [0.25, 0.3) is 0 Å². The Kier molecular flexibility index (Phi) is 5.08. The predicted octanol–water partition coefficient (Wildman–Crippen LogP) is 2.67. The third-order valence-corrected chi connectivity index (χ3v) is 2.91. The molecule has 11 heteroatoms. The summed E-state index contributed by atoms with van der Waals surface area (Å²) in [5.74, 6) is -3.24. The number of carbonyl (C=O) groups excluding carboxylic acids is 1. The number of alkyl halides is 3. The molecule has 0 aliphatic heterocycles. The Labute approximate surface area is 123 Å². The molecule has 0 fully saturated rings. The highest BCUT2D eigenvalue weighted by Gasteiger charge is 2.38. The van der Waals surface area contributed by atoms with Crippen molar-refractivity contribution < 1.29 is 32.4 Å². The van der Waals surface area contributed by atoms with Crippen molar-refractivity contribution in [3.63, 3.8) is 0 Å². The van der Waals surface area contributed by atoms with Crippen molar-refractivity contribution in [1.82, 2.24) is 4.98 Å². The standard InChI is InChI=1S/C9H6F3IN2O5/c1-2-19-8(16)4-3-14-7(15(17)18)6(5(4)13)20-9(10,11)12/h3H,2H2,1H3. The summed E-state index contributed by atoms with van der Waals surface area (Å²) in [7, 11) is 0. The second kappa shape index (κ2) is 6.19. The Bertz CT molecular complexity index is 549. The van der Waals surface area contributed by atoms with E-state index in [2.05, 4.69) is 14.5 Å². The number of carbonyl (C=O) groups is 1. The number of rotatable bonds is 4. The second-order valence-electron chi connectivity index (χ2n) is 3.16. The summed E-state index contributed by atoms with van der Waals surface area (Å²) in [5, 5.41) is 10.6. The third-order valence-electron chi connectivity index (χ3n) is 1.84. The van der Waals surface area contributed by atoms with E-state index in [1.165, 1.54) is 29.5 Å². The lowest BCUT2D eigenvalue weighted by molar-refractivity contribution is -0.393. The first-order chi connectivity index (χ1) is 9.17. The van der Waals surface area contributed by atoms with Crippen LogP contribution in [-0.2, 0) is 4.74 Å². The smallest absolute Gasteiger partial charge is 0.462 e. The Morgan fingerprint density at radius 1 is 1.55 bits per heavy atom. The number of aromatic nitrogens is 1. The number of pyridine rings is 1. The normalized spacial score (nSPS) is 11.1. The molecule has 0 aromatic carbocycles. The van der Waals surface area contributed by atoms with Crippen molar-refractivity contribution in [2.45, 2.75) is 13.3 Å². The maximum atomic E-state index is 12.3. The van der Waals surface area contributed by atoms with Crippen LogP contribution in [0.15, 0.2) is 6.20 Å². The van der Waals surface area contributed by atoms with E-state index in [9.17, 15) is 28.1 Å². The maximum Gasteiger partial charge on any atom is 0.573 e. The van der Waals surface area contributed by atoms with Gasteiger partial charge in [-0.1, -0.05) is 0 Å². The van der Waals surface area contributed by atoms with Crippen molar-refractivity contribution in [3.05, 3.63) is 25.4 Å². The van der Waals surface area contributed by atoms with Crippen molar-refractivity contribution in [2.75, 3.05) is 6.61 Å². The predicted molar refractivity (Wildman–Crippen MR) is 66.2 cm³/mol. The van der Waals surface area contributed by atoms with Gasteiger partial charge < -0.3 is 19.6 Å². The fraction of sp³-hybridized carbons (Fsp3) is 0.333. The zero-order chi connectivity index (χ0) is 15.5. The molecule has 7 nitrogen and oxygen atoms in total. The Morgan fingerprint density at radius 3 is 2.60 bits per heavy atom. The highest BCUT2D eigenvalue weighted by molar-refractivity contribution is 14.1. The summed E-state index contributed by atoms with van der Waals surface area (Å²) in [4.78, 5) is 24.2. The zero-order valence-electron chi connectivity index (χ0n) is 9.73. The van der Waals surface area contributed by atoms with Crippen LogP contribution in [0.4, 0.5) is 19.0 Å². The van der Waals surface area contributed by atoms with Gasteiger partial charge in [0.25, 0.3) is 0 Å². The number of ether oxygens (including phenoxy) is 2. The van der Waals surface area contributed by atoms with Gasteiger partial charge in [-0.15, -0.1) is 13.2 Å². The minimum Gasteiger partial charge on any atom is -0.462 e. The van der Waals surface area contributed by atoms with Gasteiger partial charge in [0, 0.05) is 0 Å². The molecule has 0 aliphatic rings. The fourth-order valence-corrected chi connectivity index (χ4v) is 1.86. The van der Waals surface area contributed by atoms with Crippen molar-refractivity contribution in [1.29, 1.82) is 0 Å². The summed E-state index contributed by atoms with van der Waals surface area (Å²) in [6.45, 7) is 1.48. The van der Waals surface area contributed by atoms with Crippen LogP contribution in [0.5, 0.6) is 5.75 Å². The van der Waals surface area contributed by atoms with Gasteiger partial charge >= 0.3 is 18.1 Å². The molecule has 0 N–H and O–H groups in total. The average Bonchev–Trinajstić information content (AvgIpc) is 2.29. The van der Waals surface area contributed by atoms with Crippen LogP contribution < -0.4 is 4.74 Å². The summed E-state index contributed by atoms with van der Waals surface area (Å²) in [6.07, 6.45) is -4.39. The lowest BCUT2D eigenvalue weighted by atomic mass is 10.2. The largest absolute Gasteiger partial charge is 0.573 e. The third kappa shape index (κ3) is 3.91. The topological polar surface area (TPSA) is 91.6 Å². The van der Waals surface area contributed by atoms with Gasteiger partial charge in [-0.05, 0) is 39.4 Å². The van der Waals surface area contributed by atoms with Gasteiger partial charge in [-0.25, -0.2) is 4.79 Å². The molecular weight excluding hydrogens is 400 g/mol. The van der Waals surface area contributed by atoms with Crippen molar-refractivity contribution >= 4 is 34.4 Å². The summed E-state index contributed by atoms with van der Waals surface area (Å²) < 4.78 is 44.5. The molecule has 110 valence electrons. The molecule has 0 amide bonds. The number of hydrogen-bond acceptors (Lipinski definition) is 6. The lowest BCUT2D eigenvalue weighted by Gasteiger charge is -2.11. The molecule has 1 aromatic rings. The monoisotopic (exact) mass is 406 g/mol. The molecule has 0 bridgehead atoms. The van der Waals surface area contributed by atoms with E-state index in [0.29, 0.717) is 0 Å². The summed E-state index contributed by atoms with van der Waals surface area (Å²) in [6, 6.07) is 0.